The molecule has 3 aromatic carbocycles. The molecule has 0 unspecified atom stereocenters. The second-order valence-corrected chi connectivity index (χ2v) is 6.79. The summed E-state index contributed by atoms with van der Waals surface area (Å²) >= 11 is 0. The Morgan fingerprint density at radius 3 is 2.17 bits per heavy atom. The zero-order valence-corrected chi connectivity index (χ0v) is 12.8. The van der Waals surface area contributed by atoms with Crippen LogP contribution in [0, 0.1) is 0 Å². The van der Waals surface area contributed by atoms with Crippen molar-refractivity contribution in [2.45, 2.75) is 24.0 Å². The Kier molecular flexibility index (Phi) is 2.19. The maximum atomic E-state index is 11.8. The monoisotopic (exact) mass is 314 g/mol. The number of fused-ring (bicyclic) bond motifs is 1. The lowest BCUT2D eigenvalue weighted by Gasteiger charge is -2.45. The second-order valence-electron chi connectivity index (χ2n) is 6.79. The maximum Gasteiger partial charge on any atom is 0.509 e. The van der Waals surface area contributed by atoms with E-state index in [9.17, 15) is 4.79 Å². The number of carbonyl (C=O) groups excluding carboxylic acids is 1. The van der Waals surface area contributed by atoms with Crippen LogP contribution in [0.1, 0.15) is 34.1 Å². The summed E-state index contributed by atoms with van der Waals surface area (Å²) in [6.45, 7) is 0. The average molecular weight is 314 g/mol. The molecule has 1 fully saturated rings. The summed E-state index contributed by atoms with van der Waals surface area (Å²) in [5.41, 5.74) is 5.11. The van der Waals surface area contributed by atoms with E-state index in [-0.39, 0.29) is 24.0 Å². The van der Waals surface area contributed by atoms with E-state index < -0.39 is 6.16 Å². The molecule has 1 saturated heterocycles. The van der Waals surface area contributed by atoms with Crippen LogP contribution in [0.25, 0.3) is 10.8 Å². The first-order valence-corrected chi connectivity index (χ1v) is 8.30. The highest BCUT2D eigenvalue weighted by molar-refractivity contribution is 5.90. The van der Waals surface area contributed by atoms with Crippen molar-refractivity contribution in [3.8, 4) is 0 Å². The first kappa shape index (κ1) is 12.6. The highest BCUT2D eigenvalue weighted by atomic mass is 16.8. The van der Waals surface area contributed by atoms with Crippen LogP contribution in [-0.4, -0.2) is 18.4 Å². The molecule has 24 heavy (non-hydrogen) atoms. The highest BCUT2D eigenvalue weighted by Gasteiger charge is 2.57. The Labute approximate surface area is 138 Å². The van der Waals surface area contributed by atoms with Gasteiger partial charge >= 0.3 is 6.16 Å². The fourth-order valence-corrected chi connectivity index (χ4v) is 4.93. The van der Waals surface area contributed by atoms with Gasteiger partial charge in [0.25, 0.3) is 0 Å². The van der Waals surface area contributed by atoms with Crippen LogP contribution in [0.4, 0.5) is 4.79 Å². The minimum atomic E-state index is -0.537. The van der Waals surface area contributed by atoms with E-state index in [0.717, 1.165) is 0 Å². The Bertz CT molecular complexity index is 1020. The van der Waals surface area contributed by atoms with Crippen LogP contribution in [0.15, 0.2) is 60.7 Å². The number of rotatable bonds is 0. The summed E-state index contributed by atoms with van der Waals surface area (Å²) in [5, 5.41) is 2.48. The first-order valence-electron chi connectivity index (χ1n) is 8.30. The molecule has 0 radical (unpaired) electrons. The largest absolute Gasteiger partial charge is 0.509 e. The molecular weight excluding hydrogens is 300 g/mol. The van der Waals surface area contributed by atoms with E-state index in [4.69, 9.17) is 9.47 Å². The molecule has 3 aromatic rings. The smallest absolute Gasteiger partial charge is 0.426 e. The van der Waals surface area contributed by atoms with Crippen molar-refractivity contribution in [1.82, 2.24) is 0 Å². The van der Waals surface area contributed by atoms with Gasteiger partial charge in [0.15, 0.2) is 12.2 Å². The van der Waals surface area contributed by atoms with Crippen molar-refractivity contribution < 1.29 is 14.3 Å². The number of hydrogen-bond acceptors (Lipinski definition) is 3. The van der Waals surface area contributed by atoms with Crippen molar-refractivity contribution in [2.24, 2.45) is 0 Å². The molecular formula is C21H14O3. The van der Waals surface area contributed by atoms with E-state index in [2.05, 4.69) is 60.7 Å². The van der Waals surface area contributed by atoms with Crippen molar-refractivity contribution in [3.05, 3.63) is 82.9 Å². The van der Waals surface area contributed by atoms with Crippen molar-refractivity contribution in [2.75, 3.05) is 0 Å². The molecule has 1 heterocycles. The predicted octanol–water partition coefficient (Wildman–Crippen LogP) is 4.33. The van der Waals surface area contributed by atoms with Crippen LogP contribution >= 0.6 is 0 Å². The molecule has 0 spiro atoms. The van der Waals surface area contributed by atoms with Gasteiger partial charge in [-0.3, -0.25) is 0 Å². The van der Waals surface area contributed by atoms with E-state index in [0.29, 0.717) is 0 Å². The maximum absolute atomic E-state index is 11.8. The predicted molar refractivity (Wildman–Crippen MR) is 89.2 cm³/mol. The molecule has 0 N–H and O–H groups in total. The Morgan fingerprint density at radius 2 is 1.33 bits per heavy atom. The number of carbonyl (C=O) groups is 1. The summed E-state index contributed by atoms with van der Waals surface area (Å²) in [4.78, 5) is 11.8. The summed E-state index contributed by atoms with van der Waals surface area (Å²) < 4.78 is 11.2. The minimum absolute atomic E-state index is 0.0451. The fraction of sp³-hybridized carbons (Fsp3) is 0.190. The Morgan fingerprint density at radius 1 is 0.667 bits per heavy atom. The molecule has 3 aliphatic carbocycles. The van der Waals surface area contributed by atoms with Gasteiger partial charge in [-0.15, -0.1) is 0 Å². The van der Waals surface area contributed by atoms with Crippen LogP contribution < -0.4 is 0 Å². The van der Waals surface area contributed by atoms with Crippen LogP contribution in [0.2, 0.25) is 0 Å². The summed E-state index contributed by atoms with van der Waals surface area (Å²) in [7, 11) is 0. The molecule has 4 aliphatic rings. The van der Waals surface area contributed by atoms with Crippen molar-refractivity contribution in [1.29, 1.82) is 0 Å². The highest BCUT2D eigenvalue weighted by Crippen LogP contribution is 2.57. The van der Waals surface area contributed by atoms with Gasteiger partial charge in [-0.1, -0.05) is 60.7 Å². The lowest BCUT2D eigenvalue weighted by Crippen LogP contribution is -2.45. The lowest BCUT2D eigenvalue weighted by molar-refractivity contribution is 0.104. The summed E-state index contributed by atoms with van der Waals surface area (Å²) in [5.74, 6) is 0.103. The molecule has 4 atom stereocenters. The minimum Gasteiger partial charge on any atom is -0.426 e. The third kappa shape index (κ3) is 1.37. The van der Waals surface area contributed by atoms with Crippen molar-refractivity contribution in [3.63, 3.8) is 0 Å². The topological polar surface area (TPSA) is 35.5 Å². The molecule has 2 bridgehead atoms. The van der Waals surface area contributed by atoms with E-state index in [1.54, 1.807) is 0 Å². The van der Waals surface area contributed by atoms with E-state index >= 15 is 0 Å². The SMILES string of the molecule is O=C1O[C@@H]2[C@H]3c4ccccc4[C@H](c4c3ccc3ccccc43)[C@H]2O1. The molecule has 3 nitrogen and oxygen atoms in total. The third-order valence-electron chi connectivity index (χ3n) is 5.76. The molecule has 0 aromatic heterocycles. The molecule has 7 rings (SSSR count). The van der Waals surface area contributed by atoms with Crippen LogP contribution in [0.3, 0.4) is 0 Å². The lowest BCUT2D eigenvalue weighted by atomic mass is 9.60. The second kappa shape index (κ2) is 4.18. The zero-order valence-electron chi connectivity index (χ0n) is 12.8. The Balaban J connectivity index is 1.73. The van der Waals surface area contributed by atoms with Crippen LogP contribution in [-0.2, 0) is 9.47 Å². The zero-order chi connectivity index (χ0) is 15.8. The summed E-state index contributed by atoms with van der Waals surface area (Å²) in [6, 6.07) is 21.3. The van der Waals surface area contributed by atoms with Gasteiger partial charge in [0.1, 0.15) is 0 Å². The van der Waals surface area contributed by atoms with Gasteiger partial charge in [0.05, 0.1) is 11.8 Å². The van der Waals surface area contributed by atoms with Crippen molar-refractivity contribution >= 4 is 16.9 Å². The molecule has 0 saturated carbocycles. The molecule has 0 amide bonds. The van der Waals surface area contributed by atoms with Gasteiger partial charge in [-0.2, -0.15) is 0 Å². The first-order chi connectivity index (χ1) is 11.8. The normalized spacial score (nSPS) is 28.8. The summed E-state index contributed by atoms with van der Waals surface area (Å²) in [6.07, 6.45) is -0.980. The van der Waals surface area contributed by atoms with Gasteiger partial charge in [-0.25, -0.2) is 4.79 Å². The van der Waals surface area contributed by atoms with Gasteiger partial charge in [-0.05, 0) is 33.0 Å². The Hall–Kier alpha value is -2.81. The van der Waals surface area contributed by atoms with E-state index in [1.165, 1.54) is 33.0 Å². The molecule has 1 aliphatic heterocycles. The van der Waals surface area contributed by atoms with E-state index in [1.807, 2.05) is 0 Å². The molecule has 3 heteroatoms. The van der Waals surface area contributed by atoms with Gasteiger partial charge in [0.2, 0.25) is 0 Å². The van der Waals surface area contributed by atoms with Gasteiger partial charge in [0, 0.05) is 0 Å². The number of hydrogen-bond donors (Lipinski definition) is 0. The van der Waals surface area contributed by atoms with Gasteiger partial charge < -0.3 is 9.47 Å². The number of benzene rings is 3. The third-order valence-corrected chi connectivity index (χ3v) is 5.76. The quantitative estimate of drug-likeness (QED) is 0.579. The van der Waals surface area contributed by atoms with Crippen LogP contribution in [0.5, 0.6) is 0 Å². The fourth-order valence-electron chi connectivity index (χ4n) is 4.93. The standard InChI is InChI=1S/C21H14O3/c22-21-23-19-17-13-7-3-4-8-14(13)18(20(19)24-21)16-12-6-2-1-5-11(12)9-10-15(16)17/h1-10,17-20H/t17-,18+,19+,20+/m0/s1. The number of ether oxygens (including phenoxy) is 2. The average Bonchev–Trinajstić information content (AvgIpc) is 3.02. The molecule has 116 valence electrons.